The Hall–Kier alpha value is -3.11. The highest BCUT2D eigenvalue weighted by Gasteiger charge is 2.09. The lowest BCUT2D eigenvalue weighted by molar-refractivity contribution is 0.0710. The third kappa shape index (κ3) is 5.71. The molecule has 0 saturated carbocycles. The van der Waals surface area contributed by atoms with Crippen LogP contribution < -0.4 is 10.2 Å². The molecule has 0 amide bonds. The van der Waals surface area contributed by atoms with Gasteiger partial charge in [0.05, 0.1) is 13.2 Å². The Morgan fingerprint density at radius 2 is 1.67 bits per heavy atom. The highest BCUT2D eigenvalue weighted by molar-refractivity contribution is 5.98. The van der Waals surface area contributed by atoms with Crippen LogP contribution in [-0.2, 0) is 11.4 Å². The summed E-state index contributed by atoms with van der Waals surface area (Å²) in [4.78, 5) is 10.6. The highest BCUT2D eigenvalue weighted by atomic mass is 16.6. The van der Waals surface area contributed by atoms with Gasteiger partial charge in [0, 0.05) is 11.6 Å². The predicted octanol–water partition coefficient (Wildman–Crippen LogP) is 5.94. The van der Waals surface area contributed by atoms with Gasteiger partial charge in [-0.3, -0.25) is 9.83 Å². The number of hydrogen-bond acceptors (Lipinski definition) is 3. The summed E-state index contributed by atoms with van der Waals surface area (Å²) in [5.74, 6) is 1.56. The first-order chi connectivity index (χ1) is 14.6. The van der Waals surface area contributed by atoms with Gasteiger partial charge in [0.25, 0.3) is 0 Å². The Labute approximate surface area is 179 Å². The Morgan fingerprint density at radius 1 is 0.933 bits per heavy atom. The topological polar surface area (TPSA) is 42.8 Å². The van der Waals surface area contributed by atoms with Crippen LogP contribution in [0.3, 0.4) is 0 Å². The minimum absolute atomic E-state index is 0.144. The molecule has 0 radical (unpaired) electrons. The van der Waals surface area contributed by atoms with E-state index in [-0.39, 0.29) is 6.04 Å². The molecular formula is C26H30N2O2. The second-order valence-electron chi connectivity index (χ2n) is 7.38. The fourth-order valence-corrected chi connectivity index (χ4v) is 3.25. The van der Waals surface area contributed by atoms with Gasteiger partial charge in [-0.2, -0.15) is 0 Å². The lowest BCUT2D eigenvalue weighted by atomic mass is 9.97. The van der Waals surface area contributed by atoms with Crippen LogP contribution in [0.25, 0.3) is 11.1 Å². The number of rotatable bonds is 8. The van der Waals surface area contributed by atoms with Gasteiger partial charge in [0.1, 0.15) is 5.75 Å². The van der Waals surface area contributed by atoms with E-state index in [4.69, 9.17) is 9.57 Å². The van der Waals surface area contributed by atoms with Crippen molar-refractivity contribution in [2.24, 2.45) is 4.99 Å². The molecule has 3 aromatic carbocycles. The molecule has 156 valence electrons. The van der Waals surface area contributed by atoms with Crippen LogP contribution in [0, 0.1) is 6.92 Å². The summed E-state index contributed by atoms with van der Waals surface area (Å²) < 4.78 is 5.53. The van der Waals surface area contributed by atoms with Crippen molar-refractivity contribution in [3.63, 3.8) is 0 Å². The van der Waals surface area contributed by atoms with E-state index in [1.165, 1.54) is 16.7 Å². The molecule has 4 nitrogen and oxygen atoms in total. The standard InChI is InChI=1S/C26H30N2O2/c1-5-29-24-16-14-22(15-17-24)26(27-19(2)3)28-30-18-23-12-9-13-25(20(23)4)21-10-7-6-8-11-21/h6-17,19H,5,18H2,1-4H3,(H,27,28). The van der Waals surface area contributed by atoms with E-state index in [0.29, 0.717) is 19.0 Å². The van der Waals surface area contributed by atoms with Gasteiger partial charge in [-0.15, -0.1) is 0 Å². The number of nitrogens with zero attached hydrogens (tertiary/aromatic N) is 1. The van der Waals surface area contributed by atoms with E-state index < -0.39 is 0 Å². The monoisotopic (exact) mass is 402 g/mol. The van der Waals surface area contributed by atoms with E-state index in [0.717, 1.165) is 16.9 Å². The first-order valence-corrected chi connectivity index (χ1v) is 10.4. The molecule has 3 aromatic rings. The van der Waals surface area contributed by atoms with Gasteiger partial charge in [-0.25, -0.2) is 5.48 Å². The summed E-state index contributed by atoms with van der Waals surface area (Å²) in [6.07, 6.45) is 0. The quantitative estimate of drug-likeness (QED) is 0.288. The normalized spacial score (nSPS) is 11.6. The number of amidine groups is 1. The molecule has 0 aliphatic heterocycles. The van der Waals surface area contributed by atoms with Crippen LogP contribution >= 0.6 is 0 Å². The molecule has 0 fully saturated rings. The van der Waals surface area contributed by atoms with Gasteiger partial charge >= 0.3 is 0 Å². The first-order valence-electron chi connectivity index (χ1n) is 10.4. The third-order valence-corrected chi connectivity index (χ3v) is 4.75. The van der Waals surface area contributed by atoms with Crippen molar-refractivity contribution in [2.45, 2.75) is 40.3 Å². The summed E-state index contributed by atoms with van der Waals surface area (Å²) in [7, 11) is 0. The van der Waals surface area contributed by atoms with Gasteiger partial charge in [-0.1, -0.05) is 48.5 Å². The van der Waals surface area contributed by atoms with Crippen molar-refractivity contribution in [2.75, 3.05) is 6.61 Å². The van der Waals surface area contributed by atoms with Crippen molar-refractivity contribution in [3.8, 4) is 16.9 Å². The van der Waals surface area contributed by atoms with Gasteiger partial charge < -0.3 is 4.74 Å². The molecule has 4 heteroatoms. The maximum absolute atomic E-state index is 5.87. The zero-order valence-corrected chi connectivity index (χ0v) is 18.2. The largest absolute Gasteiger partial charge is 0.494 e. The van der Waals surface area contributed by atoms with Gasteiger partial charge in [-0.05, 0) is 74.2 Å². The van der Waals surface area contributed by atoms with E-state index in [2.05, 4.69) is 59.9 Å². The average molecular weight is 403 g/mol. The summed E-state index contributed by atoms with van der Waals surface area (Å²) in [5, 5.41) is 0. The molecule has 1 N–H and O–H groups in total. The molecule has 30 heavy (non-hydrogen) atoms. The first kappa shape index (κ1) is 21.6. The number of benzene rings is 3. The van der Waals surface area contributed by atoms with Crippen LogP contribution in [0.4, 0.5) is 0 Å². The molecule has 0 aromatic heterocycles. The molecule has 0 heterocycles. The minimum Gasteiger partial charge on any atom is -0.494 e. The van der Waals surface area contributed by atoms with Crippen LogP contribution in [0.2, 0.25) is 0 Å². The van der Waals surface area contributed by atoms with Crippen molar-refractivity contribution in [1.82, 2.24) is 5.48 Å². The lowest BCUT2D eigenvalue weighted by Gasteiger charge is -2.15. The van der Waals surface area contributed by atoms with Crippen molar-refractivity contribution in [1.29, 1.82) is 0 Å². The average Bonchev–Trinajstić information content (AvgIpc) is 2.75. The molecule has 0 atom stereocenters. The Kier molecular flexibility index (Phi) is 7.63. The van der Waals surface area contributed by atoms with Crippen molar-refractivity contribution >= 4 is 5.84 Å². The van der Waals surface area contributed by atoms with Crippen LogP contribution in [-0.4, -0.2) is 18.5 Å². The number of ether oxygens (including phenoxy) is 1. The molecule has 0 unspecified atom stereocenters. The number of nitrogens with one attached hydrogen (secondary N) is 1. The van der Waals surface area contributed by atoms with Gasteiger partial charge in [0.15, 0.2) is 5.84 Å². The van der Waals surface area contributed by atoms with E-state index in [1.54, 1.807) is 0 Å². The second kappa shape index (κ2) is 10.6. The number of hydroxylamine groups is 1. The van der Waals surface area contributed by atoms with Crippen LogP contribution in [0.1, 0.15) is 37.5 Å². The van der Waals surface area contributed by atoms with Crippen molar-refractivity contribution in [3.05, 3.63) is 89.5 Å². The van der Waals surface area contributed by atoms with Crippen LogP contribution in [0.15, 0.2) is 77.8 Å². The molecule has 0 aliphatic rings. The van der Waals surface area contributed by atoms with Crippen molar-refractivity contribution < 1.29 is 9.57 Å². The fourth-order valence-electron chi connectivity index (χ4n) is 3.25. The van der Waals surface area contributed by atoms with E-state index >= 15 is 0 Å². The Bertz CT molecular complexity index is 964. The summed E-state index contributed by atoms with van der Waals surface area (Å²) in [6.45, 7) is 9.30. The van der Waals surface area contributed by atoms with E-state index in [1.807, 2.05) is 51.1 Å². The Balaban J connectivity index is 1.71. The van der Waals surface area contributed by atoms with Crippen LogP contribution in [0.5, 0.6) is 5.75 Å². The number of hydrogen-bond donors (Lipinski definition) is 1. The SMILES string of the molecule is CCOc1ccc(C(=NC(C)C)NOCc2cccc(-c3ccccc3)c2C)cc1. The highest BCUT2D eigenvalue weighted by Crippen LogP contribution is 2.25. The molecule has 3 rings (SSSR count). The number of aliphatic imine (C=N–C) groups is 1. The summed E-state index contributed by atoms with van der Waals surface area (Å²) in [5.41, 5.74) is 8.81. The third-order valence-electron chi connectivity index (χ3n) is 4.75. The predicted molar refractivity (Wildman–Crippen MR) is 124 cm³/mol. The smallest absolute Gasteiger partial charge is 0.152 e. The lowest BCUT2D eigenvalue weighted by Crippen LogP contribution is -2.26. The molecule has 0 aliphatic carbocycles. The molecular weight excluding hydrogens is 372 g/mol. The summed E-state index contributed by atoms with van der Waals surface area (Å²) >= 11 is 0. The minimum atomic E-state index is 0.144. The molecule has 0 saturated heterocycles. The molecule has 0 spiro atoms. The Morgan fingerprint density at radius 3 is 2.33 bits per heavy atom. The van der Waals surface area contributed by atoms with Gasteiger partial charge in [0.2, 0.25) is 0 Å². The summed E-state index contributed by atoms with van der Waals surface area (Å²) in [6, 6.07) is 24.8. The fraction of sp³-hybridized carbons (Fsp3) is 0.269. The zero-order valence-electron chi connectivity index (χ0n) is 18.2. The van der Waals surface area contributed by atoms with E-state index in [9.17, 15) is 0 Å². The molecule has 0 bridgehead atoms. The second-order valence-corrected chi connectivity index (χ2v) is 7.38. The zero-order chi connectivity index (χ0) is 21.3. The maximum atomic E-state index is 5.87. The maximum Gasteiger partial charge on any atom is 0.152 e.